The maximum atomic E-state index is 5.75. The van der Waals surface area contributed by atoms with Gasteiger partial charge in [0.25, 0.3) is 0 Å². The van der Waals surface area contributed by atoms with Crippen LogP contribution in [0.1, 0.15) is 13.8 Å². The summed E-state index contributed by atoms with van der Waals surface area (Å²) in [6.45, 7) is 8.11. The van der Waals surface area contributed by atoms with Gasteiger partial charge in [0.2, 0.25) is 0 Å². The molecule has 2 unspecified atom stereocenters. The molecule has 0 bridgehead atoms. The van der Waals surface area contributed by atoms with Crippen LogP contribution < -0.4 is 0 Å². The van der Waals surface area contributed by atoms with Crippen molar-refractivity contribution >= 4 is 0 Å². The van der Waals surface area contributed by atoms with Crippen LogP contribution in [0.5, 0.6) is 0 Å². The van der Waals surface area contributed by atoms with Gasteiger partial charge < -0.3 is 18.9 Å². The largest absolute Gasteiger partial charge is 0.376 e. The van der Waals surface area contributed by atoms with Crippen LogP contribution in [0.4, 0.5) is 0 Å². The lowest BCUT2D eigenvalue weighted by Gasteiger charge is -2.43. The predicted octanol–water partition coefficient (Wildman–Crippen LogP) is 1.39. The van der Waals surface area contributed by atoms with E-state index >= 15 is 0 Å². The van der Waals surface area contributed by atoms with Gasteiger partial charge in [-0.05, 0) is 13.8 Å². The van der Waals surface area contributed by atoms with Crippen molar-refractivity contribution in [3.8, 4) is 0 Å². The van der Waals surface area contributed by atoms with Crippen molar-refractivity contribution in [1.29, 1.82) is 0 Å². The number of hydrogen-bond donors (Lipinski definition) is 0. The van der Waals surface area contributed by atoms with E-state index in [4.69, 9.17) is 18.9 Å². The van der Waals surface area contributed by atoms with E-state index in [2.05, 4.69) is 6.58 Å². The molecular formula is C12H22O4. The third-order valence-electron chi connectivity index (χ3n) is 2.95. The first-order valence-electron chi connectivity index (χ1n) is 5.59. The summed E-state index contributed by atoms with van der Waals surface area (Å²) < 4.78 is 22.3. The molecule has 1 rings (SSSR count). The van der Waals surface area contributed by atoms with Gasteiger partial charge in [0.1, 0.15) is 18.3 Å². The van der Waals surface area contributed by atoms with Gasteiger partial charge in [0.05, 0.1) is 18.8 Å². The van der Waals surface area contributed by atoms with Gasteiger partial charge in [-0.1, -0.05) is 6.08 Å². The molecule has 4 nitrogen and oxygen atoms in total. The van der Waals surface area contributed by atoms with Crippen LogP contribution in [-0.2, 0) is 18.9 Å². The Bertz CT molecular complexity index is 203. The normalized spacial score (nSPS) is 39.6. The molecule has 0 aromatic carbocycles. The molecule has 0 amide bonds. The Morgan fingerprint density at radius 1 is 1.06 bits per heavy atom. The van der Waals surface area contributed by atoms with Crippen LogP contribution in [-0.4, -0.2) is 51.3 Å². The van der Waals surface area contributed by atoms with Crippen LogP contribution in [0.15, 0.2) is 12.7 Å². The molecular weight excluding hydrogens is 208 g/mol. The fraction of sp³-hybridized carbons (Fsp3) is 0.833. The molecule has 0 saturated carbocycles. The van der Waals surface area contributed by atoms with E-state index in [0.29, 0.717) is 6.61 Å². The van der Waals surface area contributed by atoms with E-state index in [1.165, 1.54) is 0 Å². The predicted molar refractivity (Wildman–Crippen MR) is 61.5 cm³/mol. The highest BCUT2D eigenvalue weighted by Crippen LogP contribution is 2.26. The molecule has 0 aromatic rings. The monoisotopic (exact) mass is 230 g/mol. The van der Waals surface area contributed by atoms with Crippen molar-refractivity contribution < 1.29 is 18.9 Å². The average molecular weight is 230 g/mol. The van der Waals surface area contributed by atoms with Crippen molar-refractivity contribution in [1.82, 2.24) is 0 Å². The first kappa shape index (κ1) is 13.6. The maximum absolute atomic E-state index is 5.75. The van der Waals surface area contributed by atoms with Crippen molar-refractivity contribution in [3.05, 3.63) is 12.7 Å². The van der Waals surface area contributed by atoms with Gasteiger partial charge in [-0.3, -0.25) is 0 Å². The van der Waals surface area contributed by atoms with Crippen LogP contribution in [0, 0.1) is 0 Å². The van der Waals surface area contributed by atoms with Crippen LogP contribution in [0.2, 0.25) is 0 Å². The highest BCUT2D eigenvalue weighted by atomic mass is 16.6. The van der Waals surface area contributed by atoms with E-state index in [1.807, 2.05) is 13.8 Å². The van der Waals surface area contributed by atoms with Gasteiger partial charge in [-0.2, -0.15) is 0 Å². The van der Waals surface area contributed by atoms with Gasteiger partial charge in [0, 0.05) is 14.2 Å². The minimum Gasteiger partial charge on any atom is -0.376 e. The van der Waals surface area contributed by atoms with Crippen LogP contribution in [0.3, 0.4) is 0 Å². The zero-order valence-electron chi connectivity index (χ0n) is 10.5. The molecule has 0 radical (unpaired) electrons. The summed E-state index contributed by atoms with van der Waals surface area (Å²) in [6.07, 6.45) is 1.39. The highest BCUT2D eigenvalue weighted by Gasteiger charge is 2.43. The molecule has 0 spiro atoms. The zero-order valence-corrected chi connectivity index (χ0v) is 10.5. The second-order valence-electron chi connectivity index (χ2n) is 4.03. The summed E-state index contributed by atoms with van der Waals surface area (Å²) in [7, 11) is 3.33. The topological polar surface area (TPSA) is 36.9 Å². The van der Waals surface area contributed by atoms with Crippen LogP contribution in [0.25, 0.3) is 0 Å². The lowest BCUT2D eigenvalue weighted by atomic mass is 9.96. The van der Waals surface area contributed by atoms with E-state index in [1.54, 1.807) is 20.3 Å². The van der Waals surface area contributed by atoms with E-state index in [-0.39, 0.29) is 30.5 Å². The number of ether oxygens (including phenoxy) is 4. The Morgan fingerprint density at radius 3 is 1.94 bits per heavy atom. The third kappa shape index (κ3) is 2.83. The fourth-order valence-corrected chi connectivity index (χ4v) is 2.23. The van der Waals surface area contributed by atoms with Crippen molar-refractivity contribution in [3.63, 3.8) is 0 Å². The molecule has 1 heterocycles. The minimum atomic E-state index is -0.119. The van der Waals surface area contributed by atoms with Gasteiger partial charge in [-0.25, -0.2) is 0 Å². The summed E-state index contributed by atoms with van der Waals surface area (Å²) >= 11 is 0. The Hall–Kier alpha value is -0.420. The lowest BCUT2D eigenvalue weighted by Crippen LogP contribution is -2.58. The standard InChI is InChI=1S/C12H22O4/c1-6-7-15-12-10(13-4)8(2)16-9(3)11(12)14-5/h6,8-12H,1,7H2,2-5H3/t8-,9?,10-,11-,12?/m0/s1. The summed E-state index contributed by atoms with van der Waals surface area (Å²) in [5.41, 5.74) is 0. The molecule has 5 atom stereocenters. The van der Waals surface area contributed by atoms with E-state index in [0.717, 1.165) is 0 Å². The van der Waals surface area contributed by atoms with E-state index < -0.39 is 0 Å². The SMILES string of the molecule is C=CCOC1[C@@H](OC)C(C)O[C@@H](C)[C@@H]1OC. The Balaban J connectivity index is 2.76. The molecule has 0 N–H and O–H groups in total. The molecule has 1 fully saturated rings. The highest BCUT2D eigenvalue weighted by molar-refractivity contribution is 4.92. The second-order valence-corrected chi connectivity index (χ2v) is 4.03. The lowest BCUT2D eigenvalue weighted by molar-refractivity contribution is -0.237. The summed E-state index contributed by atoms with van der Waals surface area (Å²) in [5.74, 6) is 0. The van der Waals surface area contributed by atoms with Gasteiger partial charge >= 0.3 is 0 Å². The second kappa shape index (κ2) is 6.35. The smallest absolute Gasteiger partial charge is 0.115 e. The number of hydrogen-bond acceptors (Lipinski definition) is 4. The summed E-state index contributed by atoms with van der Waals surface area (Å²) in [4.78, 5) is 0. The molecule has 0 aliphatic carbocycles. The van der Waals surface area contributed by atoms with Crippen molar-refractivity contribution in [2.75, 3.05) is 20.8 Å². The van der Waals surface area contributed by atoms with Crippen LogP contribution >= 0.6 is 0 Å². The van der Waals surface area contributed by atoms with Gasteiger partial charge in [0.15, 0.2) is 0 Å². The Kier molecular flexibility index (Phi) is 5.41. The van der Waals surface area contributed by atoms with Gasteiger partial charge in [-0.15, -0.1) is 6.58 Å². The fourth-order valence-electron chi connectivity index (χ4n) is 2.23. The Morgan fingerprint density at radius 2 is 1.56 bits per heavy atom. The average Bonchev–Trinajstić information content (AvgIpc) is 2.26. The summed E-state index contributed by atoms with van der Waals surface area (Å²) in [6, 6.07) is 0. The first-order valence-corrected chi connectivity index (χ1v) is 5.59. The minimum absolute atomic E-state index is 0.00113. The molecule has 16 heavy (non-hydrogen) atoms. The Labute approximate surface area is 97.5 Å². The number of rotatable bonds is 5. The third-order valence-corrected chi connectivity index (χ3v) is 2.95. The van der Waals surface area contributed by atoms with Crippen molar-refractivity contribution in [2.45, 2.75) is 44.4 Å². The molecule has 4 heteroatoms. The molecule has 1 aliphatic rings. The van der Waals surface area contributed by atoms with Crippen molar-refractivity contribution in [2.24, 2.45) is 0 Å². The zero-order chi connectivity index (χ0) is 12.1. The molecule has 0 aromatic heterocycles. The van der Waals surface area contributed by atoms with E-state index in [9.17, 15) is 0 Å². The number of methoxy groups -OCH3 is 2. The molecule has 1 aliphatic heterocycles. The quantitative estimate of drug-likeness (QED) is 0.669. The molecule has 94 valence electrons. The first-order chi connectivity index (χ1) is 7.65. The molecule has 1 saturated heterocycles. The summed E-state index contributed by atoms with van der Waals surface area (Å²) in [5, 5.41) is 0. The maximum Gasteiger partial charge on any atom is 0.115 e.